The number of nitriles is 1. The van der Waals surface area contributed by atoms with Crippen molar-refractivity contribution < 1.29 is 0 Å². The van der Waals surface area contributed by atoms with Gasteiger partial charge in [-0.25, -0.2) is 15.0 Å². The van der Waals surface area contributed by atoms with Gasteiger partial charge in [0.1, 0.15) is 0 Å². The first-order valence-corrected chi connectivity index (χ1v) is 16.7. The maximum atomic E-state index is 9.62. The molecule has 0 atom stereocenters. The molecule has 0 amide bonds. The molecule has 0 radical (unpaired) electrons. The molecule has 0 saturated heterocycles. The van der Waals surface area contributed by atoms with Crippen LogP contribution in [-0.2, 0) is 0 Å². The number of pyridine rings is 1. The van der Waals surface area contributed by atoms with Crippen LogP contribution in [0.15, 0.2) is 170 Å². The van der Waals surface area contributed by atoms with Gasteiger partial charge >= 0.3 is 0 Å². The number of benzene rings is 6. The second kappa shape index (κ2) is 12.7. The largest absolute Gasteiger partial charge is 0.308 e. The Labute approximate surface area is 294 Å². The maximum absolute atomic E-state index is 9.62. The van der Waals surface area contributed by atoms with Gasteiger partial charge in [0.05, 0.1) is 28.4 Å². The minimum Gasteiger partial charge on any atom is -0.308 e. The molecule has 9 rings (SSSR count). The Balaban J connectivity index is 1.35. The smallest absolute Gasteiger partial charge is 0.166 e. The summed E-state index contributed by atoms with van der Waals surface area (Å²) in [4.78, 5) is 19.7. The topological polar surface area (TPSA) is 80.3 Å². The highest BCUT2D eigenvalue weighted by Gasteiger charge is 2.21. The summed E-state index contributed by atoms with van der Waals surface area (Å²) in [6, 6.07) is 55.5. The summed E-state index contributed by atoms with van der Waals surface area (Å²) in [6.07, 6.45) is 3.66. The van der Waals surface area contributed by atoms with E-state index in [1.54, 1.807) is 6.20 Å². The normalized spacial score (nSPS) is 11.1. The lowest BCUT2D eigenvalue weighted by Gasteiger charge is -2.16. The Kier molecular flexibility index (Phi) is 7.42. The average Bonchev–Trinajstić information content (AvgIpc) is 3.55. The minimum absolute atomic E-state index is 0.562. The highest BCUT2D eigenvalue weighted by molar-refractivity contribution is 6.10. The molecule has 0 spiro atoms. The SMILES string of the molecule is N#Cc1cccc(-c2ccc3c4ccccc4n(-c4ccc(-c5cccnc5)cc4-c4nc(-c5ccccc5)nc(-c5ccccc5)n4)c3c2)c1. The standard InChI is InChI=1S/C45H28N6/c46-28-30-11-9-16-33(25-30)35-20-22-38-37-18-7-8-19-40(37)51(42(38)27-35)41-23-21-34(36-17-10-24-47-29-36)26-39(41)45-49-43(31-12-3-1-4-13-31)48-44(50-45)32-14-5-2-6-15-32/h1-27,29H. The van der Waals surface area contributed by atoms with Gasteiger partial charge in [0.2, 0.25) is 0 Å². The molecule has 0 bridgehead atoms. The van der Waals surface area contributed by atoms with Crippen molar-refractivity contribution >= 4 is 21.8 Å². The van der Waals surface area contributed by atoms with E-state index in [-0.39, 0.29) is 0 Å². The summed E-state index contributed by atoms with van der Waals surface area (Å²) in [5.41, 5.74) is 10.3. The average molecular weight is 653 g/mol. The Morgan fingerprint density at radius 1 is 0.451 bits per heavy atom. The van der Waals surface area contributed by atoms with Crippen LogP contribution in [0.4, 0.5) is 0 Å². The van der Waals surface area contributed by atoms with Crippen molar-refractivity contribution in [1.82, 2.24) is 24.5 Å². The summed E-state index contributed by atoms with van der Waals surface area (Å²) < 4.78 is 2.30. The van der Waals surface area contributed by atoms with E-state index in [2.05, 4.69) is 82.4 Å². The van der Waals surface area contributed by atoms with E-state index in [0.717, 1.165) is 66.4 Å². The van der Waals surface area contributed by atoms with Gasteiger partial charge in [0.15, 0.2) is 17.5 Å². The summed E-state index contributed by atoms with van der Waals surface area (Å²) in [5, 5.41) is 11.9. The quantitative estimate of drug-likeness (QED) is 0.179. The number of para-hydroxylation sites is 1. The van der Waals surface area contributed by atoms with Crippen molar-refractivity contribution in [3.8, 4) is 68.2 Å². The van der Waals surface area contributed by atoms with E-state index >= 15 is 0 Å². The molecule has 3 aromatic heterocycles. The fraction of sp³-hybridized carbons (Fsp3) is 0. The molecule has 6 aromatic carbocycles. The fourth-order valence-electron chi connectivity index (χ4n) is 6.73. The predicted octanol–water partition coefficient (Wildman–Crippen LogP) is 10.6. The van der Waals surface area contributed by atoms with Crippen LogP contribution in [0.5, 0.6) is 0 Å². The number of rotatable bonds is 6. The van der Waals surface area contributed by atoms with Gasteiger partial charge in [0, 0.05) is 45.4 Å². The monoisotopic (exact) mass is 652 g/mol. The van der Waals surface area contributed by atoms with Gasteiger partial charge < -0.3 is 4.57 Å². The minimum atomic E-state index is 0.562. The Hall–Kier alpha value is -7.23. The number of aromatic nitrogens is 5. The van der Waals surface area contributed by atoms with Crippen LogP contribution in [0.3, 0.4) is 0 Å². The summed E-state index contributed by atoms with van der Waals surface area (Å²) in [6.45, 7) is 0. The van der Waals surface area contributed by atoms with Gasteiger partial charge in [-0.1, -0.05) is 115 Å². The summed E-state index contributed by atoms with van der Waals surface area (Å²) >= 11 is 0. The lowest BCUT2D eigenvalue weighted by atomic mass is 10.0. The fourth-order valence-corrected chi connectivity index (χ4v) is 6.73. The first kappa shape index (κ1) is 29.9. The van der Waals surface area contributed by atoms with Crippen LogP contribution in [-0.4, -0.2) is 24.5 Å². The number of nitrogens with zero attached hydrogens (tertiary/aromatic N) is 6. The number of fused-ring (bicyclic) bond motifs is 3. The first-order chi connectivity index (χ1) is 25.2. The molecule has 6 nitrogen and oxygen atoms in total. The van der Waals surface area contributed by atoms with Crippen LogP contribution in [0.25, 0.3) is 83.9 Å². The third-order valence-electron chi connectivity index (χ3n) is 9.17. The van der Waals surface area contributed by atoms with E-state index in [1.165, 1.54) is 0 Å². The molecule has 0 fully saturated rings. The zero-order chi connectivity index (χ0) is 34.1. The molecule has 0 saturated carbocycles. The number of hydrogen-bond acceptors (Lipinski definition) is 5. The van der Waals surface area contributed by atoms with E-state index < -0.39 is 0 Å². The van der Waals surface area contributed by atoms with Gasteiger partial charge in [0.25, 0.3) is 0 Å². The van der Waals surface area contributed by atoms with Gasteiger partial charge in [-0.15, -0.1) is 0 Å². The van der Waals surface area contributed by atoms with Crippen LogP contribution in [0.2, 0.25) is 0 Å². The predicted molar refractivity (Wildman–Crippen MR) is 204 cm³/mol. The Bertz CT molecular complexity index is 2690. The molecule has 0 aliphatic rings. The van der Waals surface area contributed by atoms with Crippen molar-refractivity contribution in [2.75, 3.05) is 0 Å². The van der Waals surface area contributed by atoms with Crippen molar-refractivity contribution in [3.63, 3.8) is 0 Å². The highest BCUT2D eigenvalue weighted by Crippen LogP contribution is 2.39. The molecule has 9 aromatic rings. The van der Waals surface area contributed by atoms with E-state index in [1.807, 2.05) is 97.2 Å². The van der Waals surface area contributed by atoms with E-state index in [4.69, 9.17) is 15.0 Å². The van der Waals surface area contributed by atoms with Crippen molar-refractivity contribution in [1.29, 1.82) is 5.26 Å². The lowest BCUT2D eigenvalue weighted by molar-refractivity contribution is 1.06. The van der Waals surface area contributed by atoms with Gasteiger partial charge in [-0.3, -0.25) is 4.98 Å². The molecule has 6 heteroatoms. The molecule has 0 aliphatic carbocycles. The van der Waals surface area contributed by atoms with Crippen LogP contribution < -0.4 is 0 Å². The second-order valence-corrected chi connectivity index (χ2v) is 12.3. The lowest BCUT2D eigenvalue weighted by Crippen LogP contribution is -2.04. The molecular formula is C45H28N6. The molecular weight excluding hydrogens is 625 g/mol. The van der Waals surface area contributed by atoms with Crippen molar-refractivity contribution in [2.45, 2.75) is 0 Å². The van der Waals surface area contributed by atoms with Crippen LogP contribution >= 0.6 is 0 Å². The molecule has 0 unspecified atom stereocenters. The molecule has 51 heavy (non-hydrogen) atoms. The summed E-state index contributed by atoms with van der Waals surface area (Å²) in [5.74, 6) is 1.75. The van der Waals surface area contributed by atoms with Crippen molar-refractivity contribution in [3.05, 3.63) is 176 Å². The van der Waals surface area contributed by atoms with E-state index in [9.17, 15) is 5.26 Å². The van der Waals surface area contributed by atoms with Crippen LogP contribution in [0.1, 0.15) is 5.56 Å². The van der Waals surface area contributed by atoms with Gasteiger partial charge in [-0.2, -0.15) is 5.26 Å². The van der Waals surface area contributed by atoms with Gasteiger partial charge in [-0.05, 0) is 59.2 Å². The summed E-state index contributed by atoms with van der Waals surface area (Å²) in [7, 11) is 0. The first-order valence-electron chi connectivity index (χ1n) is 16.7. The third kappa shape index (κ3) is 5.49. The zero-order valence-electron chi connectivity index (χ0n) is 27.3. The zero-order valence-corrected chi connectivity index (χ0v) is 27.3. The number of hydrogen-bond donors (Lipinski definition) is 0. The molecule has 0 aliphatic heterocycles. The van der Waals surface area contributed by atoms with Crippen molar-refractivity contribution in [2.24, 2.45) is 0 Å². The Morgan fingerprint density at radius 3 is 1.78 bits per heavy atom. The second-order valence-electron chi connectivity index (χ2n) is 12.3. The molecule has 3 heterocycles. The maximum Gasteiger partial charge on any atom is 0.166 e. The van der Waals surface area contributed by atoms with Crippen LogP contribution in [0, 0.1) is 11.3 Å². The molecule has 238 valence electrons. The van der Waals surface area contributed by atoms with E-state index in [0.29, 0.717) is 23.0 Å². The highest BCUT2D eigenvalue weighted by atomic mass is 15.1. The third-order valence-corrected chi connectivity index (χ3v) is 9.17. The molecule has 0 N–H and O–H groups in total. The Morgan fingerprint density at radius 2 is 1.06 bits per heavy atom.